The Hall–Kier alpha value is -2.19. The Labute approximate surface area is 114 Å². The molecule has 0 spiro atoms. The molecule has 0 aliphatic heterocycles. The second-order valence-corrected chi connectivity index (χ2v) is 5.75. The van der Waals surface area contributed by atoms with Gasteiger partial charge in [-0.25, -0.2) is 0 Å². The SMILES string of the molecule is O=Cc1ccc2cc3c(cc2c1)sc1ccccc13. The third-order valence-electron chi connectivity index (χ3n) is 3.50. The van der Waals surface area contributed by atoms with E-state index in [1.54, 1.807) is 11.3 Å². The van der Waals surface area contributed by atoms with Gasteiger partial charge in [-0.15, -0.1) is 11.3 Å². The first-order valence-corrected chi connectivity index (χ1v) is 6.97. The van der Waals surface area contributed by atoms with Crippen molar-refractivity contribution >= 4 is 48.6 Å². The van der Waals surface area contributed by atoms with Crippen molar-refractivity contribution in [3.63, 3.8) is 0 Å². The van der Waals surface area contributed by atoms with Crippen LogP contribution in [0.5, 0.6) is 0 Å². The van der Waals surface area contributed by atoms with Crippen molar-refractivity contribution in [2.24, 2.45) is 0 Å². The van der Waals surface area contributed by atoms with Crippen LogP contribution in [-0.2, 0) is 0 Å². The molecular formula is C17H10OS. The molecule has 0 saturated carbocycles. The Morgan fingerprint density at radius 2 is 1.68 bits per heavy atom. The molecule has 0 aliphatic rings. The summed E-state index contributed by atoms with van der Waals surface area (Å²) in [4.78, 5) is 10.9. The summed E-state index contributed by atoms with van der Waals surface area (Å²) in [5.41, 5.74) is 0.730. The lowest BCUT2D eigenvalue weighted by Crippen LogP contribution is -1.79. The lowest BCUT2D eigenvalue weighted by Gasteiger charge is -2.00. The van der Waals surface area contributed by atoms with E-state index in [0.29, 0.717) is 0 Å². The summed E-state index contributed by atoms with van der Waals surface area (Å²) in [5.74, 6) is 0. The van der Waals surface area contributed by atoms with Gasteiger partial charge in [0, 0.05) is 25.7 Å². The van der Waals surface area contributed by atoms with Crippen LogP contribution in [0.3, 0.4) is 0 Å². The lowest BCUT2D eigenvalue weighted by molar-refractivity contribution is 0.112. The van der Waals surface area contributed by atoms with E-state index in [1.165, 1.54) is 25.6 Å². The minimum atomic E-state index is 0.730. The van der Waals surface area contributed by atoms with Gasteiger partial charge in [0.1, 0.15) is 6.29 Å². The summed E-state index contributed by atoms with van der Waals surface area (Å²) in [6.07, 6.45) is 0.897. The Balaban J connectivity index is 2.17. The fourth-order valence-corrected chi connectivity index (χ4v) is 3.70. The second-order valence-electron chi connectivity index (χ2n) is 4.67. The van der Waals surface area contributed by atoms with Crippen LogP contribution in [0.2, 0.25) is 0 Å². The molecule has 0 atom stereocenters. The molecular weight excluding hydrogens is 252 g/mol. The summed E-state index contributed by atoms with van der Waals surface area (Å²) in [6, 6.07) is 18.7. The van der Waals surface area contributed by atoms with Gasteiger partial charge < -0.3 is 0 Å². The molecule has 0 unspecified atom stereocenters. The summed E-state index contributed by atoms with van der Waals surface area (Å²) in [5, 5.41) is 4.92. The quantitative estimate of drug-likeness (QED) is 0.440. The van der Waals surface area contributed by atoms with E-state index in [1.807, 2.05) is 18.2 Å². The molecule has 4 aromatic rings. The molecule has 1 heterocycles. The zero-order valence-electron chi connectivity index (χ0n) is 10.1. The minimum Gasteiger partial charge on any atom is -0.298 e. The predicted octanol–water partition coefficient (Wildman–Crippen LogP) is 5.02. The molecule has 4 rings (SSSR count). The lowest BCUT2D eigenvalue weighted by atomic mass is 10.0. The van der Waals surface area contributed by atoms with Crippen molar-refractivity contribution in [2.75, 3.05) is 0 Å². The van der Waals surface area contributed by atoms with Gasteiger partial charge in [-0.3, -0.25) is 4.79 Å². The van der Waals surface area contributed by atoms with Crippen LogP contribution in [-0.4, -0.2) is 6.29 Å². The number of hydrogen-bond acceptors (Lipinski definition) is 2. The molecule has 0 radical (unpaired) electrons. The molecule has 1 aromatic heterocycles. The molecule has 0 amide bonds. The first-order chi connectivity index (χ1) is 9.35. The Morgan fingerprint density at radius 1 is 0.789 bits per heavy atom. The summed E-state index contributed by atoms with van der Waals surface area (Å²) in [7, 11) is 0. The monoisotopic (exact) mass is 262 g/mol. The Bertz CT molecular complexity index is 934. The molecule has 0 aliphatic carbocycles. The van der Waals surface area contributed by atoms with E-state index < -0.39 is 0 Å². The molecule has 0 N–H and O–H groups in total. The van der Waals surface area contributed by atoms with Crippen LogP contribution in [0.4, 0.5) is 0 Å². The van der Waals surface area contributed by atoms with Crippen LogP contribution in [0.25, 0.3) is 30.9 Å². The molecule has 0 saturated heterocycles. The van der Waals surface area contributed by atoms with Crippen molar-refractivity contribution < 1.29 is 4.79 Å². The topological polar surface area (TPSA) is 17.1 Å². The van der Waals surface area contributed by atoms with E-state index in [-0.39, 0.29) is 0 Å². The molecule has 2 heteroatoms. The maximum absolute atomic E-state index is 10.9. The van der Waals surface area contributed by atoms with Gasteiger partial charge in [0.2, 0.25) is 0 Å². The minimum absolute atomic E-state index is 0.730. The molecule has 19 heavy (non-hydrogen) atoms. The molecule has 0 bridgehead atoms. The number of aldehydes is 1. The standard InChI is InChI=1S/C17H10OS/c18-10-11-5-6-12-8-15-14-3-1-2-4-16(14)19-17(15)9-13(12)7-11/h1-10H. The van der Waals surface area contributed by atoms with E-state index >= 15 is 0 Å². The van der Waals surface area contributed by atoms with Gasteiger partial charge >= 0.3 is 0 Å². The average molecular weight is 262 g/mol. The maximum atomic E-state index is 10.9. The molecule has 1 nitrogen and oxygen atoms in total. The highest BCUT2D eigenvalue weighted by molar-refractivity contribution is 7.25. The predicted molar refractivity (Wildman–Crippen MR) is 82.2 cm³/mol. The first-order valence-electron chi connectivity index (χ1n) is 6.15. The van der Waals surface area contributed by atoms with Gasteiger partial charge in [0.25, 0.3) is 0 Å². The number of carbonyl (C=O) groups is 1. The Morgan fingerprint density at radius 3 is 2.58 bits per heavy atom. The first kappa shape index (κ1) is 10.7. The van der Waals surface area contributed by atoms with Gasteiger partial charge in [0.05, 0.1) is 0 Å². The molecule has 3 aromatic carbocycles. The van der Waals surface area contributed by atoms with Crippen LogP contribution in [0.15, 0.2) is 54.6 Å². The summed E-state index contributed by atoms with van der Waals surface area (Å²) < 4.78 is 2.58. The highest BCUT2D eigenvalue weighted by Gasteiger charge is 2.06. The summed E-state index contributed by atoms with van der Waals surface area (Å²) in [6.45, 7) is 0. The van der Waals surface area contributed by atoms with E-state index in [9.17, 15) is 4.79 Å². The molecule has 0 fully saturated rings. The van der Waals surface area contributed by atoms with Crippen molar-refractivity contribution in [2.45, 2.75) is 0 Å². The van der Waals surface area contributed by atoms with Crippen molar-refractivity contribution in [1.29, 1.82) is 0 Å². The zero-order chi connectivity index (χ0) is 12.8. The van der Waals surface area contributed by atoms with Crippen molar-refractivity contribution in [1.82, 2.24) is 0 Å². The van der Waals surface area contributed by atoms with Crippen LogP contribution >= 0.6 is 11.3 Å². The highest BCUT2D eigenvalue weighted by atomic mass is 32.1. The molecule has 90 valence electrons. The fraction of sp³-hybridized carbons (Fsp3) is 0. The number of fused-ring (bicyclic) bond motifs is 4. The number of benzene rings is 3. The second kappa shape index (κ2) is 3.90. The average Bonchev–Trinajstić information content (AvgIpc) is 2.81. The van der Waals surface area contributed by atoms with E-state index in [0.717, 1.165) is 17.2 Å². The Kier molecular flexibility index (Phi) is 2.20. The fourth-order valence-electron chi connectivity index (χ4n) is 2.56. The van der Waals surface area contributed by atoms with Gasteiger partial charge in [0.15, 0.2) is 0 Å². The summed E-state index contributed by atoms with van der Waals surface area (Å²) >= 11 is 1.80. The van der Waals surface area contributed by atoms with Gasteiger partial charge in [-0.2, -0.15) is 0 Å². The van der Waals surface area contributed by atoms with Crippen LogP contribution in [0, 0.1) is 0 Å². The van der Waals surface area contributed by atoms with E-state index in [4.69, 9.17) is 0 Å². The third-order valence-corrected chi connectivity index (χ3v) is 4.63. The van der Waals surface area contributed by atoms with Crippen LogP contribution in [0.1, 0.15) is 10.4 Å². The number of thiophene rings is 1. The largest absolute Gasteiger partial charge is 0.298 e. The number of carbonyl (C=O) groups excluding carboxylic acids is 1. The normalized spacial score (nSPS) is 11.4. The van der Waals surface area contributed by atoms with Gasteiger partial charge in [-0.1, -0.05) is 30.3 Å². The van der Waals surface area contributed by atoms with E-state index in [2.05, 4.69) is 36.4 Å². The van der Waals surface area contributed by atoms with Crippen LogP contribution < -0.4 is 0 Å². The zero-order valence-corrected chi connectivity index (χ0v) is 10.9. The number of rotatable bonds is 1. The van der Waals surface area contributed by atoms with Gasteiger partial charge in [-0.05, 0) is 35.0 Å². The van der Waals surface area contributed by atoms with Crippen molar-refractivity contribution in [3.8, 4) is 0 Å². The highest BCUT2D eigenvalue weighted by Crippen LogP contribution is 2.36. The van der Waals surface area contributed by atoms with Crippen molar-refractivity contribution in [3.05, 3.63) is 60.2 Å². The number of hydrogen-bond donors (Lipinski definition) is 0. The smallest absolute Gasteiger partial charge is 0.150 e. The third kappa shape index (κ3) is 1.57. The maximum Gasteiger partial charge on any atom is 0.150 e.